The van der Waals surface area contributed by atoms with E-state index in [2.05, 4.69) is 39.1 Å². The second kappa shape index (κ2) is 8.72. The van der Waals surface area contributed by atoms with E-state index in [0.717, 1.165) is 11.3 Å². The van der Waals surface area contributed by atoms with Crippen molar-refractivity contribution in [2.45, 2.75) is 33.1 Å². The van der Waals surface area contributed by atoms with Crippen molar-refractivity contribution in [1.29, 1.82) is 0 Å². The van der Waals surface area contributed by atoms with E-state index < -0.39 is 0 Å². The van der Waals surface area contributed by atoms with Crippen LogP contribution in [0, 0.1) is 12.7 Å². The quantitative estimate of drug-likeness (QED) is 0.780. The number of hydrogen-bond donors (Lipinski definition) is 1. The van der Waals surface area contributed by atoms with Crippen LogP contribution in [0.3, 0.4) is 0 Å². The number of anilines is 1. The maximum atomic E-state index is 13.9. The van der Waals surface area contributed by atoms with Crippen molar-refractivity contribution in [1.82, 2.24) is 10.2 Å². The summed E-state index contributed by atoms with van der Waals surface area (Å²) in [5.41, 5.74) is 2.84. The molecule has 0 aliphatic carbocycles. The lowest BCUT2D eigenvalue weighted by Crippen LogP contribution is -2.52. The summed E-state index contributed by atoms with van der Waals surface area (Å²) in [5, 5.41) is 2.83. The van der Waals surface area contributed by atoms with Gasteiger partial charge in [0.1, 0.15) is 11.6 Å². The van der Waals surface area contributed by atoms with E-state index in [9.17, 15) is 9.18 Å². The molecule has 3 rings (SSSR count). The van der Waals surface area contributed by atoms with Gasteiger partial charge in [-0.1, -0.05) is 50.6 Å². The van der Waals surface area contributed by atoms with Crippen LogP contribution < -0.4 is 15.0 Å². The summed E-state index contributed by atoms with van der Waals surface area (Å²) >= 11 is 0. The van der Waals surface area contributed by atoms with Crippen molar-refractivity contribution in [2.24, 2.45) is 0 Å². The Morgan fingerprint density at radius 2 is 1.79 bits per heavy atom. The molecule has 0 atom stereocenters. The zero-order chi connectivity index (χ0) is 21.0. The summed E-state index contributed by atoms with van der Waals surface area (Å²) in [4.78, 5) is 16.2. The van der Waals surface area contributed by atoms with Crippen molar-refractivity contribution in [3.8, 4) is 5.75 Å². The fourth-order valence-electron chi connectivity index (χ4n) is 3.50. The van der Waals surface area contributed by atoms with Gasteiger partial charge in [0.25, 0.3) is 0 Å². The van der Waals surface area contributed by atoms with Gasteiger partial charge in [-0.15, -0.1) is 0 Å². The van der Waals surface area contributed by atoms with Crippen molar-refractivity contribution < 1.29 is 13.9 Å². The molecule has 1 aliphatic heterocycles. The molecule has 29 heavy (non-hydrogen) atoms. The molecule has 156 valence electrons. The van der Waals surface area contributed by atoms with Gasteiger partial charge in [-0.2, -0.15) is 0 Å². The fourth-order valence-corrected chi connectivity index (χ4v) is 3.50. The molecule has 2 aromatic carbocycles. The van der Waals surface area contributed by atoms with E-state index in [1.807, 2.05) is 23.1 Å². The van der Waals surface area contributed by atoms with Crippen LogP contribution in [0.2, 0.25) is 0 Å². The number of piperazine rings is 1. The molecule has 6 heteroatoms. The van der Waals surface area contributed by atoms with E-state index in [4.69, 9.17) is 4.74 Å². The highest BCUT2D eigenvalue weighted by atomic mass is 19.1. The highest BCUT2D eigenvalue weighted by Crippen LogP contribution is 2.32. The lowest BCUT2D eigenvalue weighted by atomic mass is 9.85. The molecule has 0 saturated carbocycles. The van der Waals surface area contributed by atoms with Crippen LogP contribution in [-0.4, -0.2) is 43.8 Å². The number of rotatable bonds is 4. The summed E-state index contributed by atoms with van der Waals surface area (Å²) in [6.45, 7) is 10.9. The van der Waals surface area contributed by atoms with Gasteiger partial charge in [-0.05, 0) is 36.1 Å². The second-order valence-electron chi connectivity index (χ2n) is 8.45. The van der Waals surface area contributed by atoms with Crippen LogP contribution in [0.4, 0.5) is 14.9 Å². The van der Waals surface area contributed by atoms with Crippen molar-refractivity contribution >= 4 is 11.7 Å². The average Bonchev–Trinajstić information content (AvgIpc) is 2.69. The Bertz CT molecular complexity index is 855. The molecule has 0 spiro atoms. The Labute approximate surface area is 172 Å². The molecule has 1 aliphatic rings. The minimum atomic E-state index is -0.230. The molecule has 0 aromatic heterocycles. The number of nitrogens with one attached hydrogen (secondary N) is 1. The highest BCUT2D eigenvalue weighted by Gasteiger charge is 2.23. The third kappa shape index (κ3) is 5.19. The molecule has 1 heterocycles. The van der Waals surface area contributed by atoms with E-state index in [1.165, 1.54) is 11.6 Å². The SMILES string of the molecule is Cc1ccc(OCNC(=O)N2CCN(c3ccccc3F)CC2)c(C(C)(C)C)c1. The maximum absolute atomic E-state index is 13.9. The average molecular weight is 400 g/mol. The minimum Gasteiger partial charge on any atom is -0.473 e. The van der Waals surface area contributed by atoms with Crippen molar-refractivity contribution in [3.63, 3.8) is 0 Å². The number of urea groups is 1. The standard InChI is InChI=1S/C23H30FN3O2/c1-17-9-10-21(18(15-17)23(2,3)4)29-16-25-22(28)27-13-11-26(12-14-27)20-8-6-5-7-19(20)24/h5-10,15H,11-14,16H2,1-4H3,(H,25,28). The number of amides is 2. The van der Waals surface area contributed by atoms with Gasteiger partial charge >= 0.3 is 6.03 Å². The number of hydrogen-bond acceptors (Lipinski definition) is 3. The number of carbonyl (C=O) groups is 1. The molecule has 1 saturated heterocycles. The van der Waals surface area contributed by atoms with E-state index in [0.29, 0.717) is 31.9 Å². The third-order valence-electron chi connectivity index (χ3n) is 5.15. The van der Waals surface area contributed by atoms with Gasteiger partial charge in [0.05, 0.1) is 5.69 Å². The lowest BCUT2D eigenvalue weighted by molar-refractivity contribution is 0.181. The molecule has 5 nitrogen and oxygen atoms in total. The third-order valence-corrected chi connectivity index (χ3v) is 5.15. The summed E-state index contributed by atoms with van der Waals surface area (Å²) < 4.78 is 19.8. The van der Waals surface area contributed by atoms with E-state index in [-0.39, 0.29) is 24.0 Å². The Morgan fingerprint density at radius 1 is 1.10 bits per heavy atom. The predicted molar refractivity (Wildman–Crippen MR) is 114 cm³/mol. The molecule has 0 unspecified atom stereocenters. The number of nitrogens with zero attached hydrogens (tertiary/aromatic N) is 2. The Hall–Kier alpha value is -2.76. The number of para-hydroxylation sites is 1. The molecular weight excluding hydrogens is 369 g/mol. The van der Waals surface area contributed by atoms with Gasteiger partial charge in [-0.3, -0.25) is 0 Å². The van der Waals surface area contributed by atoms with Gasteiger partial charge in [0, 0.05) is 26.2 Å². The largest absolute Gasteiger partial charge is 0.473 e. The topological polar surface area (TPSA) is 44.8 Å². The lowest BCUT2D eigenvalue weighted by Gasteiger charge is -2.36. The van der Waals surface area contributed by atoms with Crippen molar-refractivity contribution in [3.05, 3.63) is 59.4 Å². The number of benzene rings is 2. The first-order valence-corrected chi connectivity index (χ1v) is 10.0. The molecule has 0 bridgehead atoms. The Balaban J connectivity index is 1.51. The van der Waals surface area contributed by atoms with Gasteiger partial charge in [-0.25, -0.2) is 9.18 Å². The normalized spacial score (nSPS) is 14.7. The summed E-state index contributed by atoms with van der Waals surface area (Å²) in [5.74, 6) is 0.555. The van der Waals surface area contributed by atoms with Crippen molar-refractivity contribution in [2.75, 3.05) is 37.8 Å². The van der Waals surface area contributed by atoms with E-state index >= 15 is 0 Å². The number of ether oxygens (including phenoxy) is 1. The monoisotopic (exact) mass is 399 g/mol. The number of aryl methyl sites for hydroxylation is 1. The smallest absolute Gasteiger partial charge is 0.320 e. The number of carbonyl (C=O) groups excluding carboxylic acids is 1. The van der Waals surface area contributed by atoms with Gasteiger partial charge in [0.15, 0.2) is 6.73 Å². The Morgan fingerprint density at radius 3 is 2.45 bits per heavy atom. The summed E-state index contributed by atoms with van der Waals surface area (Å²) in [6.07, 6.45) is 0. The first-order chi connectivity index (χ1) is 13.8. The van der Waals surface area contributed by atoms with Crippen LogP contribution in [0.1, 0.15) is 31.9 Å². The van der Waals surface area contributed by atoms with Gasteiger partial charge in [0.2, 0.25) is 0 Å². The maximum Gasteiger partial charge on any atom is 0.320 e. The van der Waals surface area contributed by atoms with E-state index in [1.54, 1.807) is 17.0 Å². The Kier molecular flexibility index (Phi) is 6.30. The first-order valence-electron chi connectivity index (χ1n) is 10.0. The minimum absolute atomic E-state index is 0.0472. The molecule has 1 N–H and O–H groups in total. The van der Waals surface area contributed by atoms with Crippen LogP contribution in [-0.2, 0) is 5.41 Å². The fraction of sp³-hybridized carbons (Fsp3) is 0.435. The zero-order valence-corrected chi connectivity index (χ0v) is 17.7. The molecule has 2 aromatic rings. The molecule has 0 radical (unpaired) electrons. The zero-order valence-electron chi connectivity index (χ0n) is 17.7. The molecule has 2 amide bonds. The van der Waals surface area contributed by atoms with Crippen LogP contribution in [0.15, 0.2) is 42.5 Å². The summed E-state index contributed by atoms with van der Waals surface area (Å²) in [6, 6.07) is 12.7. The van der Waals surface area contributed by atoms with Crippen LogP contribution >= 0.6 is 0 Å². The number of halogens is 1. The first kappa shape index (κ1) is 21.0. The molecular formula is C23H30FN3O2. The predicted octanol–water partition coefficient (Wildman–Crippen LogP) is 4.30. The molecule has 1 fully saturated rings. The van der Waals surface area contributed by atoms with Crippen LogP contribution in [0.25, 0.3) is 0 Å². The summed E-state index contributed by atoms with van der Waals surface area (Å²) in [7, 11) is 0. The van der Waals surface area contributed by atoms with Gasteiger partial charge < -0.3 is 19.9 Å². The van der Waals surface area contributed by atoms with Crippen LogP contribution in [0.5, 0.6) is 5.75 Å². The highest BCUT2D eigenvalue weighted by molar-refractivity contribution is 5.74. The second-order valence-corrected chi connectivity index (χ2v) is 8.45.